The van der Waals surface area contributed by atoms with Crippen molar-refractivity contribution in [2.75, 3.05) is 26.4 Å². The summed E-state index contributed by atoms with van der Waals surface area (Å²) in [4.78, 5) is 38.1. The minimum absolute atomic E-state index is 0.126. The minimum atomic E-state index is -1.03. The molecule has 0 unspecified atom stereocenters. The first-order chi connectivity index (χ1) is 28.7. The number of unbranched alkanes of at least 4 members (excludes halogenated alkanes) is 18. The number of carboxylic acids is 1. The smallest absolute Gasteiger partial charge is 0.335 e. The molecule has 0 aliphatic heterocycles. The lowest BCUT2D eigenvalue weighted by Crippen LogP contribution is -2.36. The van der Waals surface area contributed by atoms with Crippen molar-refractivity contribution < 1.29 is 29.0 Å². The molecular formula is C51H76N2O6. The second-order valence-corrected chi connectivity index (χ2v) is 16.5. The number of carboxylic acid groups (broad SMARTS) is 1. The molecular weight excluding hydrogens is 737 g/mol. The van der Waals surface area contributed by atoms with Crippen LogP contribution in [0.4, 0.5) is 0 Å². The zero-order chi connectivity index (χ0) is 42.5. The molecule has 0 heterocycles. The van der Waals surface area contributed by atoms with Gasteiger partial charge < -0.3 is 25.2 Å². The van der Waals surface area contributed by atoms with Crippen molar-refractivity contribution in [2.24, 2.45) is 0 Å². The van der Waals surface area contributed by atoms with Gasteiger partial charge in [-0.15, -0.1) is 0 Å². The summed E-state index contributed by atoms with van der Waals surface area (Å²) < 4.78 is 11.7. The Kier molecular flexibility index (Phi) is 25.2. The molecule has 0 aliphatic rings. The number of amides is 2. The van der Waals surface area contributed by atoms with E-state index in [4.69, 9.17) is 9.47 Å². The Bertz CT molecular complexity index is 1500. The molecule has 3 aromatic rings. The van der Waals surface area contributed by atoms with E-state index in [9.17, 15) is 19.5 Å². The molecule has 0 fully saturated rings. The van der Waals surface area contributed by atoms with Gasteiger partial charge in [-0.25, -0.2) is 4.79 Å². The highest BCUT2D eigenvalue weighted by Crippen LogP contribution is 2.29. The van der Waals surface area contributed by atoms with Crippen molar-refractivity contribution >= 4 is 17.8 Å². The summed E-state index contributed by atoms with van der Waals surface area (Å²) in [6.45, 7) is 10.7. The Labute approximate surface area is 356 Å². The fourth-order valence-corrected chi connectivity index (χ4v) is 7.31. The third kappa shape index (κ3) is 20.7. The van der Waals surface area contributed by atoms with Crippen LogP contribution in [0.3, 0.4) is 0 Å². The summed E-state index contributed by atoms with van der Waals surface area (Å²) in [5.41, 5.74) is 4.21. The standard InChI is InChI=1S/C51H76N2O6/c1-5-7-9-11-13-15-17-19-21-23-33-58-38-40(3)52-49(54)44-29-25-42(26-30-44)46-35-47(37-48(36-46)51(56)57)43-27-31-45(32-28-43)50(55)53-41(4)39-59-34-24-22-20-18-16-14-12-10-8-6-2/h25-32,35-37,40-41H,5-24,33-34,38-39H2,1-4H3,(H,52,54)(H,53,55)(H,56,57)/t40-,41-/m0/s1. The number of nitrogens with one attached hydrogen (secondary N) is 2. The molecule has 0 bridgehead atoms. The molecule has 3 rings (SSSR count). The number of rotatable bonds is 33. The van der Waals surface area contributed by atoms with Gasteiger partial charge >= 0.3 is 5.97 Å². The van der Waals surface area contributed by atoms with Gasteiger partial charge in [-0.2, -0.15) is 0 Å². The number of hydrogen-bond acceptors (Lipinski definition) is 5. The van der Waals surface area contributed by atoms with Gasteiger partial charge in [-0.3, -0.25) is 9.59 Å². The van der Waals surface area contributed by atoms with Gasteiger partial charge in [0.15, 0.2) is 0 Å². The van der Waals surface area contributed by atoms with Crippen molar-refractivity contribution in [2.45, 2.75) is 168 Å². The molecule has 2 amide bonds. The van der Waals surface area contributed by atoms with Crippen LogP contribution in [0.25, 0.3) is 22.3 Å². The number of benzene rings is 3. The fourth-order valence-electron chi connectivity index (χ4n) is 7.31. The first-order valence-electron chi connectivity index (χ1n) is 23.1. The van der Waals surface area contributed by atoms with E-state index in [0.29, 0.717) is 48.7 Å². The summed E-state index contributed by atoms with van der Waals surface area (Å²) in [6, 6.07) is 19.3. The van der Waals surface area contributed by atoms with Crippen molar-refractivity contribution in [3.63, 3.8) is 0 Å². The molecule has 0 aliphatic carbocycles. The fraction of sp³-hybridized carbons (Fsp3) is 0.588. The number of aromatic carboxylic acids is 1. The molecule has 0 radical (unpaired) electrons. The topological polar surface area (TPSA) is 114 Å². The minimum Gasteiger partial charge on any atom is -0.478 e. The second kappa shape index (κ2) is 30.1. The lowest BCUT2D eigenvalue weighted by Gasteiger charge is -2.15. The van der Waals surface area contributed by atoms with Crippen molar-refractivity contribution in [3.05, 3.63) is 83.4 Å². The molecule has 0 aromatic heterocycles. The normalized spacial score (nSPS) is 12.3. The maximum Gasteiger partial charge on any atom is 0.335 e. The zero-order valence-corrected chi connectivity index (χ0v) is 37.0. The molecule has 8 heteroatoms. The van der Waals surface area contributed by atoms with E-state index in [-0.39, 0.29) is 29.5 Å². The van der Waals surface area contributed by atoms with Crippen LogP contribution in [-0.4, -0.2) is 61.4 Å². The monoisotopic (exact) mass is 813 g/mol. The summed E-state index contributed by atoms with van der Waals surface area (Å²) in [5.74, 6) is -1.39. The third-order valence-electron chi connectivity index (χ3n) is 10.9. The Balaban J connectivity index is 1.42. The van der Waals surface area contributed by atoms with Gasteiger partial charge in [0.2, 0.25) is 0 Å². The van der Waals surface area contributed by atoms with E-state index >= 15 is 0 Å². The number of ether oxygens (including phenoxy) is 2. The average Bonchev–Trinajstić information content (AvgIpc) is 3.24. The van der Waals surface area contributed by atoms with Crippen LogP contribution in [0.1, 0.15) is 187 Å². The quantitative estimate of drug-likeness (QED) is 0.0528. The maximum absolute atomic E-state index is 13.0. The summed E-state index contributed by atoms with van der Waals surface area (Å²) in [7, 11) is 0. The molecule has 2 atom stereocenters. The maximum atomic E-state index is 13.0. The number of carbonyl (C=O) groups is 3. The molecule has 59 heavy (non-hydrogen) atoms. The Morgan fingerprint density at radius 1 is 0.458 bits per heavy atom. The van der Waals surface area contributed by atoms with Crippen LogP contribution >= 0.6 is 0 Å². The van der Waals surface area contributed by atoms with Crippen LogP contribution in [0.2, 0.25) is 0 Å². The summed E-state index contributed by atoms with van der Waals surface area (Å²) in [6.07, 6.45) is 25.7. The Morgan fingerprint density at radius 2 is 0.780 bits per heavy atom. The average molecular weight is 813 g/mol. The second-order valence-electron chi connectivity index (χ2n) is 16.5. The van der Waals surface area contributed by atoms with Gasteiger partial charge in [0.1, 0.15) is 0 Å². The molecule has 326 valence electrons. The van der Waals surface area contributed by atoms with Crippen LogP contribution in [-0.2, 0) is 9.47 Å². The predicted molar refractivity (Wildman–Crippen MR) is 243 cm³/mol. The van der Waals surface area contributed by atoms with E-state index in [0.717, 1.165) is 24.0 Å². The lowest BCUT2D eigenvalue weighted by molar-refractivity contribution is 0.0696. The van der Waals surface area contributed by atoms with Crippen molar-refractivity contribution in [1.29, 1.82) is 0 Å². The van der Waals surface area contributed by atoms with E-state index in [1.165, 1.54) is 116 Å². The summed E-state index contributed by atoms with van der Waals surface area (Å²) in [5, 5.41) is 16.0. The lowest BCUT2D eigenvalue weighted by atomic mass is 9.95. The highest BCUT2D eigenvalue weighted by molar-refractivity contribution is 5.96. The van der Waals surface area contributed by atoms with Gasteiger partial charge in [0.25, 0.3) is 11.8 Å². The van der Waals surface area contributed by atoms with E-state index in [1.807, 2.05) is 44.2 Å². The molecule has 3 N–H and O–H groups in total. The first kappa shape index (κ1) is 49.4. The van der Waals surface area contributed by atoms with Crippen LogP contribution in [0, 0.1) is 0 Å². The van der Waals surface area contributed by atoms with Gasteiger partial charge in [0, 0.05) is 36.4 Å². The first-order valence-corrected chi connectivity index (χ1v) is 23.1. The molecule has 0 saturated carbocycles. The van der Waals surface area contributed by atoms with Crippen LogP contribution in [0.15, 0.2) is 66.7 Å². The molecule has 3 aromatic carbocycles. The predicted octanol–water partition coefficient (Wildman–Crippen LogP) is 12.8. The van der Waals surface area contributed by atoms with Crippen molar-refractivity contribution in [3.8, 4) is 22.3 Å². The third-order valence-corrected chi connectivity index (χ3v) is 10.9. The van der Waals surface area contributed by atoms with Crippen LogP contribution < -0.4 is 10.6 Å². The van der Waals surface area contributed by atoms with Crippen molar-refractivity contribution in [1.82, 2.24) is 10.6 Å². The highest BCUT2D eigenvalue weighted by Gasteiger charge is 2.15. The van der Waals surface area contributed by atoms with Gasteiger partial charge in [0.05, 0.1) is 18.8 Å². The van der Waals surface area contributed by atoms with Crippen LogP contribution in [0.5, 0.6) is 0 Å². The number of carbonyl (C=O) groups excluding carboxylic acids is 2. The Hall–Kier alpha value is -4.01. The zero-order valence-electron chi connectivity index (χ0n) is 37.0. The van der Waals surface area contributed by atoms with E-state index in [2.05, 4.69) is 24.5 Å². The van der Waals surface area contributed by atoms with E-state index < -0.39 is 5.97 Å². The van der Waals surface area contributed by atoms with Gasteiger partial charge in [-0.1, -0.05) is 154 Å². The highest BCUT2D eigenvalue weighted by atomic mass is 16.5. The SMILES string of the molecule is CCCCCCCCCCCCOC[C@H](C)NC(=O)c1ccc(-c2cc(C(=O)O)cc(-c3ccc(C(=O)N[C@@H](C)COCCCCCCCCCCCC)cc3)c2)cc1. The molecule has 0 saturated heterocycles. The molecule has 8 nitrogen and oxygen atoms in total. The van der Waals surface area contributed by atoms with E-state index in [1.54, 1.807) is 36.4 Å². The molecule has 0 spiro atoms. The largest absolute Gasteiger partial charge is 0.478 e. The number of hydrogen-bond donors (Lipinski definition) is 3. The van der Waals surface area contributed by atoms with Gasteiger partial charge in [-0.05, 0) is 91.4 Å². The summed E-state index contributed by atoms with van der Waals surface area (Å²) >= 11 is 0. The Morgan fingerprint density at radius 3 is 1.10 bits per heavy atom.